The predicted molar refractivity (Wildman–Crippen MR) is 196 cm³/mol. The van der Waals surface area contributed by atoms with E-state index in [1.165, 1.54) is 31.1 Å². The van der Waals surface area contributed by atoms with Crippen molar-refractivity contribution in [3.63, 3.8) is 0 Å². The summed E-state index contributed by atoms with van der Waals surface area (Å²) < 4.78 is 2.70. The quantitative estimate of drug-likeness (QED) is 0.172. The number of halogens is 2. The molecule has 0 heterocycles. The van der Waals surface area contributed by atoms with Gasteiger partial charge in [-0.25, -0.2) is 0 Å². The second kappa shape index (κ2) is 26.8. The van der Waals surface area contributed by atoms with Crippen LogP contribution < -0.4 is 60.5 Å². The van der Waals surface area contributed by atoms with Crippen molar-refractivity contribution < 1.29 is 74.9 Å². The van der Waals surface area contributed by atoms with Gasteiger partial charge in [-0.05, 0) is 110 Å². The van der Waals surface area contributed by atoms with Gasteiger partial charge < -0.3 is 29.7 Å². The maximum absolute atomic E-state index is 10.1. The van der Waals surface area contributed by atoms with E-state index < -0.39 is 17.9 Å². The Kier molecular flexibility index (Phi) is 26.4. The predicted octanol–water partition coefficient (Wildman–Crippen LogP) is -1.48. The monoisotopic (exact) mass is 928 g/mol. The lowest BCUT2D eigenvalue weighted by Gasteiger charge is -2.22. The van der Waals surface area contributed by atoms with Crippen LogP contribution in [0, 0.1) is 14.1 Å². The molecule has 4 rings (SSSR count). The molecule has 0 fully saturated rings. The Labute approximate surface area is 332 Å². The minimum absolute atomic E-state index is 0.000278. The van der Waals surface area contributed by atoms with E-state index in [2.05, 4.69) is 148 Å². The van der Waals surface area contributed by atoms with E-state index in [4.69, 9.17) is 19.8 Å². The Hall–Kier alpha value is -2.90. The van der Waals surface area contributed by atoms with Gasteiger partial charge in [0, 0.05) is 24.3 Å². The number of hydrogen-bond donors (Lipinski definition) is 0. The minimum atomic E-state index is -1.08. The molecular weight excluding hydrogens is 874 g/mol. The summed E-state index contributed by atoms with van der Waals surface area (Å²) in [5, 5.41) is 27.9. The van der Waals surface area contributed by atoms with E-state index in [-0.39, 0.29) is 6.42 Å². The van der Waals surface area contributed by atoms with E-state index in [1.54, 1.807) is 12.1 Å². The molecule has 0 N–H and O–H groups in total. The van der Waals surface area contributed by atoms with Crippen LogP contribution in [0.5, 0.6) is 0 Å². The molecule has 0 radical (unpaired) electrons. The molecule has 274 valence electrons. The lowest BCUT2D eigenvalue weighted by Crippen LogP contribution is -3.34. The summed E-state index contributed by atoms with van der Waals surface area (Å²) in [6, 6.07) is 35.0. The van der Waals surface area contributed by atoms with Crippen molar-refractivity contribution in [2.24, 2.45) is 0 Å². The van der Waals surface area contributed by atoms with Crippen molar-refractivity contribution in [3.8, 4) is 0 Å². The first kappa shape index (κ1) is 49.2. The van der Waals surface area contributed by atoms with Gasteiger partial charge in [-0.3, -0.25) is 0 Å². The molecule has 0 saturated heterocycles. The third kappa shape index (κ3) is 26.9. The highest BCUT2D eigenvalue weighted by molar-refractivity contribution is 7.58. The lowest BCUT2D eigenvalue weighted by molar-refractivity contribution is -0.328. The van der Waals surface area contributed by atoms with Gasteiger partial charge in [-0.1, -0.05) is 114 Å². The molecule has 0 atom stereocenters. The third-order valence-electron chi connectivity index (χ3n) is 7.28. The van der Waals surface area contributed by atoms with Crippen LogP contribution in [0.3, 0.4) is 0 Å². The summed E-state index contributed by atoms with van der Waals surface area (Å²) in [6.07, 6.45) is 2.38. The van der Waals surface area contributed by atoms with Crippen LogP contribution in [0.25, 0.3) is 0 Å². The molecule has 0 aliphatic rings. The molecule has 4 aromatic carbocycles. The van der Waals surface area contributed by atoms with Crippen molar-refractivity contribution in [2.75, 3.05) is 0 Å². The summed E-state index contributed by atoms with van der Waals surface area (Å²) in [4.78, 5) is 29.0. The Bertz CT molecular complexity index is 1430. The van der Waals surface area contributed by atoms with Gasteiger partial charge in [-0.2, -0.15) is 0 Å². The molecule has 0 aromatic heterocycles. The van der Waals surface area contributed by atoms with Gasteiger partial charge in [0.2, 0.25) is 0 Å². The first-order chi connectivity index (χ1) is 23.2. The number of benzene rings is 4. The Balaban J connectivity index is 0. The Morgan fingerprint density at radius 2 is 0.920 bits per heavy atom. The molecule has 6 nitrogen and oxygen atoms in total. The number of carbonyl (C=O) groups is 3. The van der Waals surface area contributed by atoms with E-state index >= 15 is 0 Å². The molecule has 0 amide bonds. The molecule has 0 spiro atoms. The van der Waals surface area contributed by atoms with E-state index in [1.807, 2.05) is 49.4 Å². The maximum atomic E-state index is 10.1. The molecule has 9 heteroatoms. The zero-order valence-electron chi connectivity index (χ0n) is 30.7. The smallest absolute Gasteiger partial charge is 0.296 e. The standard InChI is InChI=1S/2C11H16I.C9H10O2.C6H6S.2C2H4O2/c2*1-4-11(2,3)9-5-7-10(12)8-6-9;1-7-2-4-8(5-3-7)6-9(10)11;7-6-4-2-1-3-5-6;2*1-2(3)4/h2*5-8,12H,4H2,1-3H3;2-5H,6H2,1H3,(H,10,11);1-5,7H;2*1H3,(H,3,4)/q2*+1;;;;/p-2. The fourth-order valence-corrected chi connectivity index (χ4v) is 4.50. The summed E-state index contributed by atoms with van der Waals surface area (Å²) in [5.41, 5.74) is 5.46. The largest absolute Gasteiger partial charge is 0.550 e. The molecule has 50 heavy (non-hydrogen) atoms. The zero-order valence-corrected chi connectivity index (χ0v) is 36.4. The van der Waals surface area contributed by atoms with Crippen LogP contribution in [-0.2, 0) is 44.3 Å². The number of aryl methyl sites for hydroxylation is 1. The van der Waals surface area contributed by atoms with Gasteiger partial charge in [0.05, 0.1) is 0 Å². The van der Waals surface area contributed by atoms with Crippen LogP contribution in [0.2, 0.25) is 0 Å². The van der Waals surface area contributed by atoms with Crippen LogP contribution in [0.15, 0.2) is 108 Å². The van der Waals surface area contributed by atoms with Gasteiger partial charge in [0.25, 0.3) is 45.2 Å². The second-order valence-corrected chi connectivity index (χ2v) is 15.7. The second-order valence-electron chi connectivity index (χ2n) is 12.4. The van der Waals surface area contributed by atoms with Crippen LogP contribution in [0.1, 0.15) is 90.5 Å². The SMILES string of the molecule is CC(=O)[O-].CC(=O)[O-].CCC(C)(C)c1ccc([IH+])cc1.CCC(C)(C)c1ccc([IH+])cc1.Cc1ccc(CC(=O)[O-])cc1.[SH2+]c1ccccc1. The summed E-state index contributed by atoms with van der Waals surface area (Å²) in [6.45, 7) is 17.5. The fraction of sp³-hybridized carbons (Fsp3) is 0.341. The highest BCUT2D eigenvalue weighted by Crippen LogP contribution is 2.26. The number of rotatable bonds is 6. The molecule has 0 aliphatic heterocycles. The molecule has 4 aromatic rings. The maximum Gasteiger partial charge on any atom is 0.296 e. The lowest BCUT2D eigenvalue weighted by atomic mass is 9.82. The van der Waals surface area contributed by atoms with Gasteiger partial charge >= 0.3 is 0 Å². The van der Waals surface area contributed by atoms with Gasteiger partial charge in [0.1, 0.15) is 4.90 Å². The van der Waals surface area contributed by atoms with E-state index in [0.717, 1.165) is 29.9 Å². The summed E-state index contributed by atoms with van der Waals surface area (Å²) in [5.74, 6) is -3.20. The Morgan fingerprint density at radius 1 is 0.600 bits per heavy atom. The van der Waals surface area contributed by atoms with Gasteiger partial charge in [-0.15, -0.1) is 0 Å². The fourth-order valence-electron chi connectivity index (χ4n) is 3.53. The number of carboxylic acids is 3. The Morgan fingerprint density at radius 3 is 1.16 bits per heavy atom. The topological polar surface area (TPSA) is 120 Å². The van der Waals surface area contributed by atoms with Crippen molar-refractivity contribution in [3.05, 3.63) is 133 Å². The van der Waals surface area contributed by atoms with E-state index in [9.17, 15) is 9.90 Å². The minimum Gasteiger partial charge on any atom is -0.550 e. The zero-order chi connectivity index (χ0) is 38.9. The summed E-state index contributed by atoms with van der Waals surface area (Å²) in [7, 11) is 0. The van der Waals surface area contributed by atoms with Crippen LogP contribution >= 0.6 is 0 Å². The molecule has 0 unspecified atom stereocenters. The molecule has 0 bridgehead atoms. The van der Waals surface area contributed by atoms with Crippen molar-refractivity contribution in [1.29, 1.82) is 0 Å². The average Bonchev–Trinajstić information content (AvgIpc) is 3.03. The normalized spacial score (nSPS) is 9.92. The number of aliphatic carboxylic acids is 3. The van der Waals surface area contributed by atoms with Gasteiger partial charge in [0.15, 0.2) is 7.14 Å². The number of hydrogen-bond acceptors (Lipinski definition) is 6. The first-order valence-electron chi connectivity index (χ1n) is 16.1. The van der Waals surface area contributed by atoms with Crippen molar-refractivity contribution in [2.45, 2.75) is 97.3 Å². The number of carboxylic acid groups (broad SMARTS) is 3. The third-order valence-corrected chi connectivity index (χ3v) is 9.17. The van der Waals surface area contributed by atoms with Crippen LogP contribution in [0.4, 0.5) is 0 Å². The first-order valence-corrected chi connectivity index (χ1v) is 18.9. The van der Waals surface area contributed by atoms with E-state index in [0.29, 0.717) is 10.8 Å². The molecular formula is C41H54I2O6S. The van der Waals surface area contributed by atoms with Crippen LogP contribution in [-0.4, -0.2) is 17.9 Å². The average molecular weight is 929 g/mol. The highest BCUT2D eigenvalue weighted by atomic mass is 127. The molecule has 0 saturated carbocycles. The molecule has 0 aliphatic carbocycles. The van der Waals surface area contributed by atoms with Crippen molar-refractivity contribution in [1.82, 2.24) is 0 Å². The van der Waals surface area contributed by atoms with Crippen molar-refractivity contribution >= 4 is 30.5 Å². The number of carbonyl (C=O) groups excluding carboxylic acids is 3. The highest BCUT2D eigenvalue weighted by Gasteiger charge is 2.18. The summed E-state index contributed by atoms with van der Waals surface area (Å²) >= 11 is 7.47.